The molecule has 0 saturated heterocycles. The minimum absolute atomic E-state index is 0.180. The zero-order valence-corrected chi connectivity index (χ0v) is 17.7. The maximum absolute atomic E-state index is 13.5. The number of nitrogens with one attached hydrogen (secondary N) is 1. The van der Waals surface area contributed by atoms with E-state index < -0.39 is 12.1 Å². The number of hydrogen-bond acceptors (Lipinski definition) is 2. The third kappa shape index (κ3) is 3.15. The van der Waals surface area contributed by atoms with Crippen LogP contribution in [-0.4, -0.2) is 27.3 Å². The first-order valence-corrected chi connectivity index (χ1v) is 10.5. The smallest absolute Gasteiger partial charge is 0.255 e. The first-order chi connectivity index (χ1) is 15.5. The number of aromatic nitrogens is 1. The molecule has 0 bridgehead atoms. The molecule has 160 valence electrons. The van der Waals surface area contributed by atoms with Crippen LogP contribution in [0.2, 0.25) is 0 Å². The van der Waals surface area contributed by atoms with Gasteiger partial charge in [0.1, 0.15) is 11.9 Å². The van der Waals surface area contributed by atoms with Gasteiger partial charge in [-0.1, -0.05) is 36.4 Å². The molecule has 0 unspecified atom stereocenters. The molecule has 0 fully saturated rings. The maximum atomic E-state index is 13.5. The summed E-state index contributed by atoms with van der Waals surface area (Å²) in [5.41, 5.74) is 4.00. The van der Waals surface area contributed by atoms with Crippen molar-refractivity contribution in [2.24, 2.45) is 7.05 Å². The summed E-state index contributed by atoms with van der Waals surface area (Å²) in [6.45, 7) is 1.72. The molecule has 1 aliphatic heterocycles. The second-order valence-electron chi connectivity index (χ2n) is 8.09. The van der Waals surface area contributed by atoms with E-state index in [4.69, 9.17) is 0 Å². The minimum Gasteiger partial charge on any atom is -0.350 e. The third-order valence-electron chi connectivity index (χ3n) is 6.13. The van der Waals surface area contributed by atoms with Crippen molar-refractivity contribution in [1.29, 1.82) is 0 Å². The van der Waals surface area contributed by atoms with Gasteiger partial charge in [0.15, 0.2) is 0 Å². The first kappa shape index (κ1) is 20.0. The summed E-state index contributed by atoms with van der Waals surface area (Å²) >= 11 is 0. The molecule has 6 heteroatoms. The molecule has 0 spiro atoms. The van der Waals surface area contributed by atoms with Crippen LogP contribution in [0.5, 0.6) is 0 Å². The van der Waals surface area contributed by atoms with Crippen molar-refractivity contribution in [2.75, 3.05) is 5.32 Å². The second kappa shape index (κ2) is 7.64. The SMILES string of the molecule is C[C@@H](C(=O)Nc1ccc(F)cc1)N1C(=O)c2ccccc2[C@H]1c1cn(C)c2ccccc12. The monoisotopic (exact) mass is 427 g/mol. The van der Waals surface area contributed by atoms with Gasteiger partial charge < -0.3 is 14.8 Å². The van der Waals surface area contributed by atoms with Gasteiger partial charge >= 0.3 is 0 Å². The van der Waals surface area contributed by atoms with Crippen LogP contribution in [0.1, 0.15) is 34.5 Å². The summed E-state index contributed by atoms with van der Waals surface area (Å²) in [5, 5.41) is 3.85. The molecule has 0 aliphatic carbocycles. The molecule has 2 amide bonds. The molecule has 3 aromatic carbocycles. The molecule has 2 atom stereocenters. The number of amides is 2. The lowest BCUT2D eigenvalue weighted by Crippen LogP contribution is -2.44. The van der Waals surface area contributed by atoms with Crippen molar-refractivity contribution in [3.8, 4) is 0 Å². The Labute approximate surface area is 185 Å². The quantitative estimate of drug-likeness (QED) is 0.504. The van der Waals surface area contributed by atoms with E-state index >= 15 is 0 Å². The number of rotatable bonds is 4. The Hall–Kier alpha value is -3.93. The van der Waals surface area contributed by atoms with E-state index in [0.717, 1.165) is 22.0 Å². The van der Waals surface area contributed by atoms with E-state index in [1.807, 2.05) is 60.3 Å². The zero-order chi connectivity index (χ0) is 22.4. The number of fused-ring (bicyclic) bond motifs is 2. The molecule has 4 aromatic rings. The van der Waals surface area contributed by atoms with Gasteiger partial charge in [0.05, 0.1) is 6.04 Å². The second-order valence-corrected chi connectivity index (χ2v) is 8.09. The molecule has 1 aromatic heterocycles. The van der Waals surface area contributed by atoms with E-state index in [1.165, 1.54) is 24.3 Å². The Kier molecular flexibility index (Phi) is 4.78. The van der Waals surface area contributed by atoms with E-state index in [-0.39, 0.29) is 17.6 Å². The van der Waals surface area contributed by atoms with Crippen molar-refractivity contribution in [2.45, 2.75) is 19.0 Å². The Morgan fingerprint density at radius 3 is 2.44 bits per heavy atom. The molecule has 1 aliphatic rings. The highest BCUT2D eigenvalue weighted by Crippen LogP contribution is 2.42. The number of hydrogen-bond donors (Lipinski definition) is 1. The predicted molar refractivity (Wildman–Crippen MR) is 122 cm³/mol. The van der Waals surface area contributed by atoms with Gasteiger partial charge in [-0.3, -0.25) is 9.59 Å². The van der Waals surface area contributed by atoms with Crippen LogP contribution in [0, 0.1) is 5.82 Å². The number of aryl methyl sites for hydroxylation is 1. The van der Waals surface area contributed by atoms with Crippen LogP contribution in [-0.2, 0) is 11.8 Å². The Morgan fingerprint density at radius 2 is 1.66 bits per heavy atom. The number of halogens is 1. The predicted octanol–water partition coefficient (Wildman–Crippen LogP) is 4.89. The number of para-hydroxylation sites is 1. The van der Waals surface area contributed by atoms with E-state index in [9.17, 15) is 14.0 Å². The lowest BCUT2D eigenvalue weighted by atomic mass is 9.97. The van der Waals surface area contributed by atoms with E-state index in [2.05, 4.69) is 5.32 Å². The fourth-order valence-corrected chi connectivity index (χ4v) is 4.55. The molecule has 5 rings (SSSR count). The van der Waals surface area contributed by atoms with Crippen LogP contribution >= 0.6 is 0 Å². The van der Waals surface area contributed by atoms with E-state index in [0.29, 0.717) is 11.3 Å². The van der Waals surface area contributed by atoms with Gasteiger partial charge in [-0.05, 0) is 48.9 Å². The Morgan fingerprint density at radius 1 is 0.969 bits per heavy atom. The number of anilines is 1. The van der Waals surface area contributed by atoms with E-state index in [1.54, 1.807) is 17.9 Å². The van der Waals surface area contributed by atoms with Crippen molar-refractivity contribution in [1.82, 2.24) is 9.47 Å². The summed E-state index contributed by atoms with van der Waals surface area (Å²) in [7, 11) is 1.98. The fourth-order valence-electron chi connectivity index (χ4n) is 4.55. The summed E-state index contributed by atoms with van der Waals surface area (Å²) in [6.07, 6.45) is 2.03. The van der Waals surface area contributed by atoms with Crippen molar-refractivity contribution >= 4 is 28.4 Å². The van der Waals surface area contributed by atoms with Crippen LogP contribution < -0.4 is 5.32 Å². The number of benzene rings is 3. The molecule has 0 saturated carbocycles. The molecule has 1 N–H and O–H groups in total. The van der Waals surface area contributed by atoms with Gasteiger partial charge in [0.25, 0.3) is 5.91 Å². The summed E-state index contributed by atoms with van der Waals surface area (Å²) in [6, 6.07) is 20.0. The van der Waals surface area contributed by atoms with Crippen LogP contribution in [0.15, 0.2) is 79.0 Å². The van der Waals surface area contributed by atoms with Crippen molar-refractivity contribution in [3.05, 3.63) is 102 Å². The minimum atomic E-state index is -0.746. The third-order valence-corrected chi connectivity index (χ3v) is 6.13. The number of nitrogens with zero attached hydrogens (tertiary/aromatic N) is 2. The average molecular weight is 427 g/mol. The molecule has 5 nitrogen and oxygen atoms in total. The van der Waals surface area contributed by atoms with Crippen molar-refractivity contribution < 1.29 is 14.0 Å². The highest BCUT2D eigenvalue weighted by atomic mass is 19.1. The van der Waals surface area contributed by atoms with Crippen LogP contribution in [0.4, 0.5) is 10.1 Å². The van der Waals surface area contributed by atoms with Gasteiger partial charge in [-0.15, -0.1) is 0 Å². The lowest BCUT2D eigenvalue weighted by Gasteiger charge is -2.30. The summed E-state index contributed by atoms with van der Waals surface area (Å²) in [4.78, 5) is 28.2. The first-order valence-electron chi connectivity index (χ1n) is 10.5. The average Bonchev–Trinajstić information content (AvgIpc) is 3.29. The van der Waals surface area contributed by atoms with Gasteiger partial charge in [0, 0.05) is 41.0 Å². The largest absolute Gasteiger partial charge is 0.350 e. The van der Waals surface area contributed by atoms with Gasteiger partial charge in [-0.2, -0.15) is 0 Å². The molecule has 32 heavy (non-hydrogen) atoms. The lowest BCUT2D eigenvalue weighted by molar-refractivity contribution is -0.120. The zero-order valence-electron chi connectivity index (χ0n) is 17.7. The Bertz CT molecular complexity index is 1340. The van der Waals surface area contributed by atoms with Gasteiger partial charge in [0.2, 0.25) is 5.91 Å². The Balaban J connectivity index is 1.57. The molecule has 0 radical (unpaired) electrons. The highest BCUT2D eigenvalue weighted by Gasteiger charge is 2.43. The van der Waals surface area contributed by atoms with Crippen LogP contribution in [0.3, 0.4) is 0 Å². The number of carbonyl (C=O) groups excluding carboxylic acids is 2. The molecular weight excluding hydrogens is 405 g/mol. The molecular formula is C26H22FN3O2. The van der Waals surface area contributed by atoms with Gasteiger partial charge in [-0.25, -0.2) is 4.39 Å². The summed E-state index contributed by atoms with van der Waals surface area (Å²) in [5.74, 6) is -0.888. The highest BCUT2D eigenvalue weighted by molar-refractivity contribution is 6.05. The van der Waals surface area contributed by atoms with Crippen molar-refractivity contribution in [3.63, 3.8) is 0 Å². The van der Waals surface area contributed by atoms with Crippen LogP contribution in [0.25, 0.3) is 10.9 Å². The molecule has 2 heterocycles. The fraction of sp³-hybridized carbons (Fsp3) is 0.154. The normalized spacial score (nSPS) is 16.3. The standard InChI is InChI=1S/C26H22FN3O2/c1-16(25(31)28-18-13-11-17(27)12-14-18)30-24(20-8-3-4-9-21(20)26(30)32)22-15-29(2)23-10-6-5-7-19(22)23/h3-16,24H,1-2H3,(H,28,31)/t16-,24-/m0/s1. The number of carbonyl (C=O) groups is 2. The maximum Gasteiger partial charge on any atom is 0.255 e. The summed E-state index contributed by atoms with van der Waals surface area (Å²) < 4.78 is 15.3. The topological polar surface area (TPSA) is 54.3 Å².